The van der Waals surface area contributed by atoms with Crippen molar-refractivity contribution in [1.82, 2.24) is 16.0 Å². The molecule has 1 aromatic rings. The van der Waals surface area contributed by atoms with Crippen molar-refractivity contribution >= 4 is 11.8 Å². The fourth-order valence-corrected chi connectivity index (χ4v) is 2.65. The second-order valence-electron chi connectivity index (χ2n) is 6.58. The number of carbonyl (C=O) groups is 2. The van der Waals surface area contributed by atoms with Gasteiger partial charge < -0.3 is 16.0 Å². The molecule has 0 bridgehead atoms. The monoisotopic (exact) mass is 317 g/mol. The molecular weight excluding hydrogens is 290 g/mol. The zero-order chi connectivity index (χ0) is 16.8. The lowest BCUT2D eigenvalue weighted by Crippen LogP contribution is -2.51. The van der Waals surface area contributed by atoms with Crippen molar-refractivity contribution in [3.8, 4) is 0 Å². The highest BCUT2D eigenvalue weighted by Crippen LogP contribution is 2.08. The van der Waals surface area contributed by atoms with E-state index in [4.69, 9.17) is 0 Å². The van der Waals surface area contributed by atoms with E-state index in [0.29, 0.717) is 12.1 Å². The van der Waals surface area contributed by atoms with E-state index in [1.54, 1.807) is 0 Å². The van der Waals surface area contributed by atoms with Gasteiger partial charge >= 0.3 is 0 Å². The van der Waals surface area contributed by atoms with Crippen LogP contribution in [0.3, 0.4) is 0 Å². The third-order valence-electron chi connectivity index (χ3n) is 4.31. The van der Waals surface area contributed by atoms with Gasteiger partial charge in [-0.15, -0.1) is 0 Å². The van der Waals surface area contributed by atoms with Gasteiger partial charge in [-0.3, -0.25) is 9.59 Å². The fourth-order valence-electron chi connectivity index (χ4n) is 2.65. The summed E-state index contributed by atoms with van der Waals surface area (Å²) in [6, 6.07) is 7.31. The second-order valence-corrected chi connectivity index (χ2v) is 6.58. The van der Waals surface area contributed by atoms with Crippen LogP contribution in [0.1, 0.15) is 42.6 Å². The van der Waals surface area contributed by atoms with E-state index in [9.17, 15) is 9.59 Å². The Labute approximate surface area is 138 Å². The standard InChI is InChI=1S/C18H27N3O2/c1-12(2)16(21-18(23)15-5-4-10-19-15)11-20-17(22)14-8-6-13(3)7-9-14/h6-9,12,15-16,19H,4-5,10-11H2,1-3H3,(H,20,22)(H,21,23)/t15-,16+/m0/s1. The smallest absolute Gasteiger partial charge is 0.251 e. The predicted octanol–water partition coefficient (Wildman–Crippen LogP) is 1.62. The number of nitrogens with one attached hydrogen (secondary N) is 3. The molecule has 1 aliphatic rings. The zero-order valence-corrected chi connectivity index (χ0v) is 14.2. The molecule has 0 aliphatic carbocycles. The molecular formula is C18H27N3O2. The minimum Gasteiger partial charge on any atom is -0.350 e. The summed E-state index contributed by atoms with van der Waals surface area (Å²) in [4.78, 5) is 24.4. The van der Waals surface area contributed by atoms with Gasteiger partial charge in [0.1, 0.15) is 0 Å². The Morgan fingerprint density at radius 3 is 2.52 bits per heavy atom. The number of benzene rings is 1. The summed E-state index contributed by atoms with van der Waals surface area (Å²) in [6.45, 7) is 7.41. The highest BCUT2D eigenvalue weighted by molar-refractivity contribution is 5.94. The van der Waals surface area contributed by atoms with Crippen LogP contribution in [0.15, 0.2) is 24.3 Å². The van der Waals surface area contributed by atoms with Crippen LogP contribution in [0.4, 0.5) is 0 Å². The third-order valence-corrected chi connectivity index (χ3v) is 4.31. The van der Waals surface area contributed by atoms with Crippen LogP contribution in [0, 0.1) is 12.8 Å². The first-order valence-electron chi connectivity index (χ1n) is 8.36. The molecule has 1 saturated heterocycles. The van der Waals surface area contributed by atoms with Crippen molar-refractivity contribution in [2.75, 3.05) is 13.1 Å². The summed E-state index contributed by atoms with van der Waals surface area (Å²) in [5.41, 5.74) is 1.76. The van der Waals surface area contributed by atoms with E-state index in [0.717, 1.165) is 24.9 Å². The van der Waals surface area contributed by atoms with Gasteiger partial charge in [0.15, 0.2) is 0 Å². The van der Waals surface area contributed by atoms with Crippen molar-refractivity contribution in [1.29, 1.82) is 0 Å². The Morgan fingerprint density at radius 2 is 1.96 bits per heavy atom. The molecule has 2 amide bonds. The SMILES string of the molecule is Cc1ccc(C(=O)NC[C@@H](NC(=O)[C@@H]2CCCN2)C(C)C)cc1. The minimum absolute atomic E-state index is 0.0331. The van der Waals surface area contributed by atoms with E-state index in [1.165, 1.54) is 0 Å². The Hall–Kier alpha value is -1.88. The minimum atomic E-state index is -0.108. The number of aryl methyl sites for hydroxylation is 1. The van der Waals surface area contributed by atoms with Crippen LogP contribution in [0.5, 0.6) is 0 Å². The molecule has 5 nitrogen and oxygen atoms in total. The lowest BCUT2D eigenvalue weighted by atomic mass is 10.0. The molecule has 0 saturated carbocycles. The van der Waals surface area contributed by atoms with Gasteiger partial charge in [-0.2, -0.15) is 0 Å². The molecule has 3 N–H and O–H groups in total. The molecule has 2 atom stereocenters. The first-order chi connectivity index (χ1) is 11.0. The topological polar surface area (TPSA) is 70.2 Å². The second kappa shape index (κ2) is 8.11. The highest BCUT2D eigenvalue weighted by Gasteiger charge is 2.25. The van der Waals surface area contributed by atoms with E-state index >= 15 is 0 Å². The summed E-state index contributed by atoms with van der Waals surface area (Å²) >= 11 is 0. The van der Waals surface area contributed by atoms with Crippen LogP contribution < -0.4 is 16.0 Å². The lowest BCUT2D eigenvalue weighted by Gasteiger charge is -2.24. The molecule has 5 heteroatoms. The first kappa shape index (κ1) is 17.5. The summed E-state index contributed by atoms with van der Waals surface area (Å²) in [5.74, 6) is 0.174. The highest BCUT2D eigenvalue weighted by atomic mass is 16.2. The van der Waals surface area contributed by atoms with E-state index in [2.05, 4.69) is 16.0 Å². The average Bonchev–Trinajstić information content (AvgIpc) is 3.05. The number of carbonyl (C=O) groups excluding carboxylic acids is 2. The van der Waals surface area contributed by atoms with E-state index in [1.807, 2.05) is 45.0 Å². The van der Waals surface area contributed by atoms with Crippen molar-refractivity contribution in [2.45, 2.75) is 45.7 Å². The van der Waals surface area contributed by atoms with Gasteiger partial charge in [0, 0.05) is 18.2 Å². The molecule has 0 aromatic heterocycles. The number of hydrogen-bond acceptors (Lipinski definition) is 3. The van der Waals surface area contributed by atoms with Crippen LogP contribution in [0.2, 0.25) is 0 Å². The van der Waals surface area contributed by atoms with Crippen molar-refractivity contribution < 1.29 is 9.59 Å². The fraction of sp³-hybridized carbons (Fsp3) is 0.556. The quantitative estimate of drug-likeness (QED) is 0.747. The Morgan fingerprint density at radius 1 is 1.26 bits per heavy atom. The van der Waals surface area contributed by atoms with Gasteiger partial charge in [-0.25, -0.2) is 0 Å². The number of rotatable bonds is 6. The lowest BCUT2D eigenvalue weighted by molar-refractivity contribution is -0.123. The average molecular weight is 317 g/mol. The van der Waals surface area contributed by atoms with E-state index < -0.39 is 0 Å². The first-order valence-corrected chi connectivity index (χ1v) is 8.36. The molecule has 1 aliphatic heterocycles. The van der Waals surface area contributed by atoms with Gasteiger partial charge in [0.05, 0.1) is 6.04 Å². The molecule has 126 valence electrons. The molecule has 23 heavy (non-hydrogen) atoms. The summed E-state index contributed by atoms with van der Waals surface area (Å²) in [6.07, 6.45) is 1.92. The van der Waals surface area contributed by atoms with Crippen LogP contribution in [0.25, 0.3) is 0 Å². The predicted molar refractivity (Wildman–Crippen MR) is 91.3 cm³/mol. The van der Waals surface area contributed by atoms with Gasteiger partial charge in [-0.05, 0) is 44.4 Å². The summed E-state index contributed by atoms with van der Waals surface area (Å²) in [7, 11) is 0. The maximum absolute atomic E-state index is 12.2. The van der Waals surface area contributed by atoms with Gasteiger partial charge in [0.2, 0.25) is 5.91 Å². The normalized spacial score (nSPS) is 18.7. The third kappa shape index (κ3) is 5.06. The van der Waals surface area contributed by atoms with Crippen molar-refractivity contribution in [2.24, 2.45) is 5.92 Å². The molecule has 1 fully saturated rings. The van der Waals surface area contributed by atoms with E-state index in [-0.39, 0.29) is 29.8 Å². The van der Waals surface area contributed by atoms with Crippen LogP contribution in [-0.2, 0) is 4.79 Å². The Kier molecular flexibility index (Phi) is 6.16. The van der Waals surface area contributed by atoms with Crippen molar-refractivity contribution in [3.63, 3.8) is 0 Å². The van der Waals surface area contributed by atoms with Gasteiger partial charge in [-0.1, -0.05) is 31.5 Å². The maximum atomic E-state index is 12.2. The summed E-state index contributed by atoms with van der Waals surface area (Å²) in [5, 5.41) is 9.18. The molecule has 2 rings (SSSR count). The molecule has 0 spiro atoms. The van der Waals surface area contributed by atoms with Gasteiger partial charge in [0.25, 0.3) is 5.91 Å². The summed E-state index contributed by atoms with van der Waals surface area (Å²) < 4.78 is 0. The van der Waals surface area contributed by atoms with Crippen LogP contribution in [-0.4, -0.2) is 37.0 Å². The molecule has 0 unspecified atom stereocenters. The molecule has 1 aromatic carbocycles. The molecule has 1 heterocycles. The largest absolute Gasteiger partial charge is 0.350 e. The zero-order valence-electron chi connectivity index (χ0n) is 14.2. The Balaban J connectivity index is 1.87. The number of amides is 2. The number of hydrogen-bond donors (Lipinski definition) is 3. The Bertz CT molecular complexity index is 534. The van der Waals surface area contributed by atoms with Crippen molar-refractivity contribution in [3.05, 3.63) is 35.4 Å². The molecule has 0 radical (unpaired) electrons. The maximum Gasteiger partial charge on any atom is 0.251 e. The van der Waals surface area contributed by atoms with Crippen LogP contribution >= 0.6 is 0 Å².